The highest BCUT2D eigenvalue weighted by Crippen LogP contribution is 2.20. The maximum Gasteiger partial charge on any atom is 0.228 e. The SMILES string of the molecule is CN(CC1CCN(Cc2ccccc2)C1)C(=O)C1CNC1.Cl. The molecule has 1 N–H and O–H groups in total. The van der Waals surface area contributed by atoms with Gasteiger partial charge < -0.3 is 10.2 Å². The molecule has 1 aromatic rings. The molecule has 1 aromatic carbocycles. The van der Waals surface area contributed by atoms with Gasteiger partial charge in [-0.05, 0) is 24.4 Å². The van der Waals surface area contributed by atoms with Crippen LogP contribution in [-0.2, 0) is 11.3 Å². The first kappa shape index (κ1) is 17.3. The normalized spacial score (nSPS) is 22.0. The lowest BCUT2D eigenvalue weighted by Gasteiger charge is -2.31. The highest BCUT2D eigenvalue weighted by atomic mass is 35.5. The Balaban J connectivity index is 0.00000176. The van der Waals surface area contributed by atoms with E-state index in [9.17, 15) is 4.79 Å². The first-order valence-corrected chi connectivity index (χ1v) is 7.94. The van der Waals surface area contributed by atoms with E-state index in [-0.39, 0.29) is 18.3 Å². The number of carbonyl (C=O) groups is 1. The Morgan fingerprint density at radius 1 is 1.32 bits per heavy atom. The molecule has 0 aliphatic carbocycles. The molecule has 0 spiro atoms. The second-order valence-corrected chi connectivity index (χ2v) is 6.45. The molecule has 0 saturated carbocycles. The lowest BCUT2D eigenvalue weighted by Crippen LogP contribution is -2.51. The summed E-state index contributed by atoms with van der Waals surface area (Å²) in [6, 6.07) is 10.6. The monoisotopic (exact) mass is 323 g/mol. The topological polar surface area (TPSA) is 35.6 Å². The molecule has 4 nitrogen and oxygen atoms in total. The van der Waals surface area contributed by atoms with Crippen LogP contribution in [0.15, 0.2) is 30.3 Å². The van der Waals surface area contributed by atoms with Gasteiger partial charge in [-0.3, -0.25) is 9.69 Å². The van der Waals surface area contributed by atoms with Crippen molar-refractivity contribution in [3.05, 3.63) is 35.9 Å². The van der Waals surface area contributed by atoms with Crippen LogP contribution in [0.4, 0.5) is 0 Å². The lowest BCUT2D eigenvalue weighted by atomic mass is 10.0. The number of hydrogen-bond donors (Lipinski definition) is 1. The van der Waals surface area contributed by atoms with Gasteiger partial charge in [-0.25, -0.2) is 0 Å². The van der Waals surface area contributed by atoms with Crippen molar-refractivity contribution in [1.82, 2.24) is 15.1 Å². The van der Waals surface area contributed by atoms with Crippen LogP contribution >= 0.6 is 12.4 Å². The third kappa shape index (κ3) is 4.22. The summed E-state index contributed by atoms with van der Waals surface area (Å²) in [4.78, 5) is 16.6. The molecule has 122 valence electrons. The van der Waals surface area contributed by atoms with Crippen LogP contribution in [0.5, 0.6) is 0 Å². The van der Waals surface area contributed by atoms with Gasteiger partial charge in [0.15, 0.2) is 0 Å². The lowest BCUT2D eigenvalue weighted by molar-refractivity contribution is -0.136. The van der Waals surface area contributed by atoms with E-state index >= 15 is 0 Å². The first-order chi connectivity index (χ1) is 10.2. The molecule has 0 bridgehead atoms. The molecular formula is C17H26ClN3O. The van der Waals surface area contributed by atoms with E-state index in [0.29, 0.717) is 11.8 Å². The summed E-state index contributed by atoms with van der Waals surface area (Å²) in [5.41, 5.74) is 1.38. The molecule has 1 amide bonds. The van der Waals surface area contributed by atoms with Gasteiger partial charge in [0.05, 0.1) is 5.92 Å². The number of likely N-dealkylation sites (tertiary alicyclic amines) is 1. The van der Waals surface area contributed by atoms with Gasteiger partial charge in [-0.15, -0.1) is 12.4 Å². The van der Waals surface area contributed by atoms with E-state index in [1.165, 1.54) is 12.0 Å². The number of carbonyl (C=O) groups excluding carboxylic acids is 1. The van der Waals surface area contributed by atoms with E-state index in [2.05, 4.69) is 40.5 Å². The zero-order valence-corrected chi connectivity index (χ0v) is 14.0. The number of nitrogens with one attached hydrogen (secondary N) is 1. The Morgan fingerprint density at radius 2 is 2.05 bits per heavy atom. The van der Waals surface area contributed by atoms with Gasteiger partial charge in [-0.2, -0.15) is 0 Å². The summed E-state index contributed by atoms with van der Waals surface area (Å²) in [6.45, 7) is 5.89. The molecule has 2 heterocycles. The highest BCUT2D eigenvalue weighted by Gasteiger charge is 2.30. The first-order valence-electron chi connectivity index (χ1n) is 7.94. The number of rotatable bonds is 5. The largest absolute Gasteiger partial charge is 0.345 e. The van der Waals surface area contributed by atoms with E-state index in [1.807, 2.05) is 11.9 Å². The van der Waals surface area contributed by atoms with Crippen LogP contribution in [-0.4, -0.2) is 55.5 Å². The Morgan fingerprint density at radius 3 is 2.68 bits per heavy atom. The molecule has 1 atom stereocenters. The zero-order valence-electron chi connectivity index (χ0n) is 13.2. The fourth-order valence-corrected chi connectivity index (χ4v) is 3.30. The molecule has 5 heteroatoms. The maximum absolute atomic E-state index is 12.2. The molecule has 2 aliphatic rings. The molecular weight excluding hydrogens is 298 g/mol. The van der Waals surface area contributed by atoms with Gasteiger partial charge in [0.2, 0.25) is 5.91 Å². The summed E-state index contributed by atoms with van der Waals surface area (Å²) >= 11 is 0. The predicted molar refractivity (Wildman–Crippen MR) is 91.1 cm³/mol. The standard InChI is InChI=1S/C17H25N3O.ClH/c1-19(17(21)16-9-18-10-16)11-15-7-8-20(13-15)12-14-5-3-2-4-6-14;/h2-6,15-16,18H,7-13H2,1H3;1H. The van der Waals surface area contributed by atoms with Crippen LogP contribution in [0.2, 0.25) is 0 Å². The van der Waals surface area contributed by atoms with E-state index in [1.54, 1.807) is 0 Å². The minimum atomic E-state index is 0. The minimum absolute atomic E-state index is 0. The quantitative estimate of drug-likeness (QED) is 0.894. The third-order valence-electron chi connectivity index (χ3n) is 4.66. The fraction of sp³-hybridized carbons (Fsp3) is 0.588. The Kier molecular flexibility index (Phi) is 6.24. The average Bonchev–Trinajstić information content (AvgIpc) is 2.85. The number of hydrogen-bond acceptors (Lipinski definition) is 3. The number of nitrogens with zero attached hydrogens (tertiary/aromatic N) is 2. The molecule has 1 unspecified atom stereocenters. The molecule has 0 aromatic heterocycles. The van der Waals surface area contributed by atoms with Gasteiger partial charge >= 0.3 is 0 Å². The van der Waals surface area contributed by atoms with Crippen molar-refractivity contribution in [2.75, 3.05) is 39.8 Å². The van der Waals surface area contributed by atoms with Crippen molar-refractivity contribution in [3.63, 3.8) is 0 Å². The van der Waals surface area contributed by atoms with Gasteiger partial charge in [0.25, 0.3) is 0 Å². The Labute approximate surface area is 139 Å². The maximum atomic E-state index is 12.2. The van der Waals surface area contributed by atoms with Crippen molar-refractivity contribution in [2.24, 2.45) is 11.8 Å². The fourth-order valence-electron chi connectivity index (χ4n) is 3.30. The van der Waals surface area contributed by atoms with Crippen molar-refractivity contribution in [3.8, 4) is 0 Å². The average molecular weight is 324 g/mol. The molecule has 2 fully saturated rings. The van der Waals surface area contributed by atoms with Crippen molar-refractivity contribution < 1.29 is 4.79 Å². The zero-order chi connectivity index (χ0) is 14.7. The summed E-state index contributed by atoms with van der Waals surface area (Å²) in [5.74, 6) is 1.16. The van der Waals surface area contributed by atoms with Crippen LogP contribution < -0.4 is 5.32 Å². The van der Waals surface area contributed by atoms with Crippen LogP contribution in [0.1, 0.15) is 12.0 Å². The molecule has 22 heavy (non-hydrogen) atoms. The highest BCUT2D eigenvalue weighted by molar-refractivity contribution is 5.85. The summed E-state index contributed by atoms with van der Waals surface area (Å²) in [7, 11) is 1.96. The van der Waals surface area contributed by atoms with Crippen LogP contribution in [0.25, 0.3) is 0 Å². The van der Waals surface area contributed by atoms with Gasteiger partial charge in [-0.1, -0.05) is 30.3 Å². The molecule has 0 radical (unpaired) electrons. The van der Waals surface area contributed by atoms with E-state index in [0.717, 1.165) is 39.3 Å². The number of amides is 1. The molecule has 3 rings (SSSR count). The summed E-state index contributed by atoms with van der Waals surface area (Å²) in [5, 5.41) is 3.17. The summed E-state index contributed by atoms with van der Waals surface area (Å²) < 4.78 is 0. The third-order valence-corrected chi connectivity index (χ3v) is 4.66. The smallest absolute Gasteiger partial charge is 0.228 e. The van der Waals surface area contributed by atoms with Crippen molar-refractivity contribution in [1.29, 1.82) is 0 Å². The summed E-state index contributed by atoms with van der Waals surface area (Å²) in [6.07, 6.45) is 1.20. The molecule has 2 aliphatic heterocycles. The minimum Gasteiger partial charge on any atom is -0.345 e. The van der Waals surface area contributed by atoms with Crippen LogP contribution in [0.3, 0.4) is 0 Å². The Hall–Kier alpha value is -1.10. The van der Waals surface area contributed by atoms with E-state index in [4.69, 9.17) is 0 Å². The second kappa shape index (κ2) is 7.95. The van der Waals surface area contributed by atoms with Crippen molar-refractivity contribution >= 4 is 18.3 Å². The number of benzene rings is 1. The van der Waals surface area contributed by atoms with Crippen molar-refractivity contribution in [2.45, 2.75) is 13.0 Å². The van der Waals surface area contributed by atoms with Gasteiger partial charge in [0, 0.05) is 39.8 Å². The van der Waals surface area contributed by atoms with E-state index < -0.39 is 0 Å². The van der Waals surface area contributed by atoms with Gasteiger partial charge in [0.1, 0.15) is 0 Å². The Bertz CT molecular complexity index is 478. The molecule has 2 saturated heterocycles. The van der Waals surface area contributed by atoms with Crippen LogP contribution in [0, 0.1) is 11.8 Å². The number of halogens is 1. The second-order valence-electron chi connectivity index (χ2n) is 6.45. The predicted octanol–water partition coefficient (Wildman–Crippen LogP) is 1.61.